The fourth-order valence-corrected chi connectivity index (χ4v) is 17.8. The zero-order chi connectivity index (χ0) is 109. The number of likely N-dealkylation sites (N-methyl/N-ethyl adjacent to an activating group) is 4. The van der Waals surface area contributed by atoms with E-state index in [1.54, 1.807) is 6.92 Å². The highest BCUT2D eigenvalue weighted by Crippen LogP contribution is 2.25. The van der Waals surface area contributed by atoms with Crippen LogP contribution in [0.15, 0.2) is 0 Å². The number of carbonyl (C=O) groups excluding carboxylic acids is 1. The van der Waals surface area contributed by atoms with Crippen LogP contribution in [0.2, 0.25) is 0 Å². The molecule has 11 rings (SSSR count). The summed E-state index contributed by atoms with van der Waals surface area (Å²) in [7, 11) is 15.4. The summed E-state index contributed by atoms with van der Waals surface area (Å²) in [5, 5.41) is 11.0. The second-order valence-electron chi connectivity index (χ2n) is 55.2. The van der Waals surface area contributed by atoms with E-state index in [-0.39, 0.29) is 50.6 Å². The van der Waals surface area contributed by atoms with E-state index >= 15 is 0 Å². The molecule has 0 aromatic rings. The van der Waals surface area contributed by atoms with Crippen molar-refractivity contribution in [1.29, 1.82) is 0 Å². The monoisotopic (exact) mass is 2040 g/mol. The van der Waals surface area contributed by atoms with Crippen LogP contribution in [0.5, 0.6) is 0 Å². The number of nitrogens with zero attached hydrogens (tertiary/aromatic N) is 15. The van der Waals surface area contributed by atoms with Crippen LogP contribution in [0.25, 0.3) is 0 Å². The molecule has 10 heterocycles. The summed E-state index contributed by atoms with van der Waals surface area (Å²) in [6.07, 6.45) is 20.2. The SMILES string of the molecule is CC(=O)N1CCN(CCOC(C)(C)C)CC1.CC(C)(C)NC1CCCCC1.CC(C)(C)OCCN1CCCC1.CC(C)(C)OCCN1CCOCC1.CN1CCC(COC(C)(C)C)CC1.CN1CCC(NC(C)(C)C)CC1.CN1CCC(NC(C)(C)C)CC1.CN1CCN(CCC(C)(C)C)CC1.CN1CCN(CCC(C)(C)C)CC1.CN1CCN(CCOC(C)(C)C)CC1.CN1CCN(CCOC(C)(C)C)CC1. The third kappa shape index (κ3) is 89.5. The molecule has 3 N–H and O–H groups in total. The van der Waals surface area contributed by atoms with Crippen molar-refractivity contribution in [3.8, 4) is 0 Å². The van der Waals surface area contributed by atoms with E-state index in [4.69, 9.17) is 33.2 Å². The maximum Gasteiger partial charge on any atom is 0.219 e. The summed E-state index contributed by atoms with van der Waals surface area (Å²) in [5.41, 5.74) is 1.85. The van der Waals surface area contributed by atoms with Gasteiger partial charge in [0, 0.05) is 218 Å². The summed E-state index contributed by atoms with van der Waals surface area (Å²) >= 11 is 0. The van der Waals surface area contributed by atoms with Crippen molar-refractivity contribution in [2.75, 3.05) is 344 Å². The fraction of sp³-hybridized carbons (Fsp3) is 0.991. The van der Waals surface area contributed by atoms with Crippen LogP contribution in [0.1, 0.15) is 332 Å². The highest BCUT2D eigenvalue weighted by molar-refractivity contribution is 5.73. The average Bonchev–Trinajstić information content (AvgIpc) is 1.61. The molecule has 0 aromatic heterocycles. The topological polar surface area (TPSA) is 166 Å². The van der Waals surface area contributed by atoms with Gasteiger partial charge in [0.25, 0.3) is 0 Å². The van der Waals surface area contributed by atoms with Gasteiger partial charge in [0.1, 0.15) is 0 Å². The number of ether oxygens (including phenoxy) is 7. The Labute approximate surface area is 889 Å². The van der Waals surface area contributed by atoms with Gasteiger partial charge in [-0.1, -0.05) is 60.8 Å². The standard InChI is InChI=1S/C12H24N2O2.2C11H24N2O.2C11H24N2.C11H23NO.2C10H22N2.C10H21NO2.C10H21NO.C10H21N/c1-11(15)14-7-5-13(6-8-14)9-10-16-12(2,3)4;2*1-11(2,3)14-10-9-13-7-5-12(4)6-8-13;2*1-11(2,3)5-6-13-9-7-12(4)8-10-13;1-11(2,3)13-9-10-5-7-12(4)8-6-10;2*1-10(2,3)11-9-5-7-12(4)8-6-9;1-10(2,3)13-9-6-11-4-7-12-8-5-11;1-10(2,3)12-9-8-11-6-4-5-7-11;1-10(2,3)11-9-7-5-4-6-8-9/h5-10H2,1-4H3;2*5-10H2,1-4H3;2*5-10H2,1-4H3;10H,5-9H2,1-4H3;2*9,11H,5-8H2,1-4H3;4-9H2,1-3H3;4-9H2,1-3H3;9,11H,4-8H2,1-3H3. The first kappa shape index (κ1) is 140. The van der Waals surface area contributed by atoms with Gasteiger partial charge in [-0.05, 0) is 396 Å². The normalized spacial score (nSPS) is 21.5. The number of nitrogens with one attached hydrogen (secondary N) is 3. The molecule has 10 saturated heterocycles. The van der Waals surface area contributed by atoms with E-state index in [0.29, 0.717) is 16.4 Å². The second-order valence-corrected chi connectivity index (χ2v) is 55.2. The number of rotatable bonds is 24. The third-order valence-electron chi connectivity index (χ3n) is 27.1. The molecule has 26 heteroatoms. The Kier molecular flexibility index (Phi) is 70.5. The van der Waals surface area contributed by atoms with Crippen LogP contribution < -0.4 is 16.0 Å². The van der Waals surface area contributed by atoms with Crippen molar-refractivity contribution in [1.82, 2.24) is 89.4 Å². The Morgan fingerprint density at radius 3 is 0.699 bits per heavy atom. The van der Waals surface area contributed by atoms with Crippen molar-refractivity contribution < 1.29 is 38.0 Å². The summed E-state index contributed by atoms with van der Waals surface area (Å²) in [5.74, 6) is 0.973. The van der Waals surface area contributed by atoms with Gasteiger partial charge >= 0.3 is 0 Å². The van der Waals surface area contributed by atoms with Crippen LogP contribution in [0.3, 0.4) is 0 Å². The Bertz CT molecular complexity index is 2810. The summed E-state index contributed by atoms with van der Waals surface area (Å²) in [4.78, 5) is 47.2. The summed E-state index contributed by atoms with van der Waals surface area (Å²) in [6, 6.07) is 2.27. The second kappa shape index (κ2) is 72.3. The van der Waals surface area contributed by atoms with E-state index in [9.17, 15) is 4.79 Å². The van der Waals surface area contributed by atoms with Crippen LogP contribution in [0, 0.1) is 16.7 Å². The van der Waals surface area contributed by atoms with E-state index in [1.165, 1.54) is 266 Å². The number of piperazine rings is 5. The molecule has 1 aliphatic carbocycles. The summed E-state index contributed by atoms with van der Waals surface area (Å²) in [6.45, 7) is 123. The number of carbonyl (C=O) groups is 1. The molecule has 26 nitrogen and oxygen atoms in total. The first-order chi connectivity index (χ1) is 65.9. The molecule has 10 aliphatic heterocycles. The number of hydrogen-bond donors (Lipinski definition) is 3. The van der Waals surface area contributed by atoms with Gasteiger partial charge in [-0.15, -0.1) is 0 Å². The lowest BCUT2D eigenvalue weighted by molar-refractivity contribution is -0.130. The van der Waals surface area contributed by atoms with E-state index < -0.39 is 0 Å². The average molecular weight is 2040 g/mol. The van der Waals surface area contributed by atoms with Crippen molar-refractivity contribution >= 4 is 5.91 Å². The van der Waals surface area contributed by atoms with Crippen LogP contribution >= 0.6 is 0 Å². The number of morpholine rings is 1. The lowest BCUT2D eigenvalue weighted by atomic mass is 9.92. The van der Waals surface area contributed by atoms with Gasteiger partial charge in [0.05, 0.1) is 86.5 Å². The molecule has 1 saturated carbocycles. The largest absolute Gasteiger partial charge is 0.379 e. The third-order valence-corrected chi connectivity index (χ3v) is 27.1. The van der Waals surface area contributed by atoms with Gasteiger partial charge in [0.2, 0.25) is 5.91 Å². The molecule has 0 unspecified atom stereocenters. The molecule has 0 aromatic carbocycles. The molecule has 856 valence electrons. The number of amides is 1. The molecule has 0 spiro atoms. The Morgan fingerprint density at radius 1 is 0.245 bits per heavy atom. The molecular formula is C117H250N18O8. The number of likely N-dealkylation sites (tertiary alicyclic amines) is 4. The van der Waals surface area contributed by atoms with Crippen LogP contribution in [-0.2, 0) is 38.0 Å². The van der Waals surface area contributed by atoms with Gasteiger partial charge in [-0.2, -0.15) is 0 Å². The molecule has 0 bridgehead atoms. The van der Waals surface area contributed by atoms with Gasteiger partial charge in [0.15, 0.2) is 0 Å². The van der Waals surface area contributed by atoms with Gasteiger partial charge < -0.3 is 103 Å². The lowest BCUT2D eigenvalue weighted by Crippen LogP contribution is -2.49. The molecular weight excluding hydrogens is 1790 g/mol. The lowest BCUT2D eigenvalue weighted by Gasteiger charge is -2.34. The molecule has 0 atom stereocenters. The molecule has 1 amide bonds. The van der Waals surface area contributed by atoms with E-state index in [0.717, 1.165) is 149 Å². The minimum Gasteiger partial charge on any atom is -0.379 e. The molecule has 0 radical (unpaired) electrons. The minimum atomic E-state index is -0.0544. The summed E-state index contributed by atoms with van der Waals surface area (Å²) < 4.78 is 39.4. The van der Waals surface area contributed by atoms with Crippen LogP contribution in [0.4, 0.5) is 0 Å². The Balaban J connectivity index is 0.000000787. The van der Waals surface area contributed by atoms with Gasteiger partial charge in [-0.25, -0.2) is 0 Å². The zero-order valence-electron chi connectivity index (χ0n) is 103. The van der Waals surface area contributed by atoms with E-state index in [2.05, 4.69) is 362 Å². The quantitative estimate of drug-likeness (QED) is 0.0834. The van der Waals surface area contributed by atoms with Crippen molar-refractivity contribution in [3.63, 3.8) is 0 Å². The molecule has 143 heavy (non-hydrogen) atoms. The fourth-order valence-electron chi connectivity index (χ4n) is 17.8. The van der Waals surface area contributed by atoms with Crippen molar-refractivity contribution in [2.24, 2.45) is 16.7 Å². The van der Waals surface area contributed by atoms with E-state index in [1.807, 2.05) is 4.90 Å². The highest BCUT2D eigenvalue weighted by atomic mass is 16.5. The first-order valence-corrected chi connectivity index (χ1v) is 57.8. The smallest absolute Gasteiger partial charge is 0.219 e. The van der Waals surface area contributed by atoms with Gasteiger partial charge in [-0.3, -0.25) is 24.4 Å². The predicted molar refractivity (Wildman–Crippen MR) is 617 cm³/mol. The first-order valence-electron chi connectivity index (χ1n) is 57.8. The predicted octanol–water partition coefficient (Wildman–Crippen LogP) is 17.2. The number of hydrogen-bond acceptors (Lipinski definition) is 25. The number of piperidine rings is 3. The maximum absolute atomic E-state index is 11.1. The zero-order valence-corrected chi connectivity index (χ0v) is 103. The molecule has 11 aliphatic rings. The van der Waals surface area contributed by atoms with Crippen molar-refractivity contribution in [2.45, 2.75) is 400 Å². The Hall–Kier alpha value is -1.49. The minimum absolute atomic E-state index is 0.00653. The molecule has 11 fully saturated rings. The maximum atomic E-state index is 11.1. The Morgan fingerprint density at radius 2 is 0.462 bits per heavy atom. The van der Waals surface area contributed by atoms with Crippen LogP contribution in [-0.4, -0.2) is 492 Å². The highest BCUT2D eigenvalue weighted by Gasteiger charge is 2.29. The van der Waals surface area contributed by atoms with Crippen molar-refractivity contribution in [3.05, 3.63) is 0 Å².